The number of guanidine groups is 1. The number of aryl methyl sites for hydroxylation is 1. The number of nitrogens with one attached hydrogen (secondary N) is 2. The summed E-state index contributed by atoms with van der Waals surface area (Å²) in [4.78, 5) is 9.35. The van der Waals surface area contributed by atoms with Crippen molar-refractivity contribution in [1.29, 1.82) is 0 Å². The minimum Gasteiger partial charge on any atom is -0.493 e. The fourth-order valence-electron chi connectivity index (χ4n) is 4.00. The van der Waals surface area contributed by atoms with Crippen LogP contribution in [0.25, 0.3) is 0 Å². The largest absolute Gasteiger partial charge is 0.493 e. The Morgan fingerprint density at radius 2 is 2.03 bits per heavy atom. The van der Waals surface area contributed by atoms with E-state index in [9.17, 15) is 0 Å². The fourth-order valence-corrected chi connectivity index (χ4v) is 4.00. The molecular formula is C24H41N5O2. The number of unbranched alkanes of at least 4 members (excludes halogenated alkanes) is 1. The molecule has 0 bridgehead atoms. The normalized spacial score (nSPS) is 20.7. The van der Waals surface area contributed by atoms with E-state index in [0.717, 1.165) is 56.5 Å². The molecule has 1 unspecified atom stereocenters. The topological polar surface area (TPSA) is 61.4 Å². The second kappa shape index (κ2) is 12.9. The minimum atomic E-state index is 0.501. The summed E-state index contributed by atoms with van der Waals surface area (Å²) >= 11 is 0. The van der Waals surface area contributed by atoms with Gasteiger partial charge in [0.05, 0.1) is 13.2 Å². The number of benzene rings is 1. The van der Waals surface area contributed by atoms with Crippen molar-refractivity contribution in [3.63, 3.8) is 0 Å². The summed E-state index contributed by atoms with van der Waals surface area (Å²) in [6, 6.07) is 6.41. The van der Waals surface area contributed by atoms with Crippen molar-refractivity contribution >= 4 is 5.96 Å². The highest BCUT2D eigenvalue weighted by molar-refractivity contribution is 5.79. The molecule has 0 amide bonds. The molecule has 0 aromatic heterocycles. The molecule has 0 aliphatic carbocycles. The first-order valence-corrected chi connectivity index (χ1v) is 11.8. The lowest BCUT2D eigenvalue weighted by Crippen LogP contribution is -2.44. The first-order valence-electron chi connectivity index (χ1n) is 11.8. The highest BCUT2D eigenvalue weighted by Crippen LogP contribution is 2.22. The highest BCUT2D eigenvalue weighted by atomic mass is 16.5. The Morgan fingerprint density at radius 3 is 2.77 bits per heavy atom. The highest BCUT2D eigenvalue weighted by Gasteiger charge is 2.17. The van der Waals surface area contributed by atoms with E-state index in [1.165, 1.54) is 44.7 Å². The molecule has 2 aliphatic heterocycles. The molecule has 0 radical (unpaired) electrons. The number of ether oxygens (including phenoxy) is 2. The molecule has 1 aromatic rings. The van der Waals surface area contributed by atoms with Crippen molar-refractivity contribution in [2.45, 2.75) is 32.7 Å². The van der Waals surface area contributed by atoms with Crippen LogP contribution in [0.5, 0.6) is 5.75 Å². The summed E-state index contributed by atoms with van der Waals surface area (Å²) in [6.07, 6.45) is 3.45. The van der Waals surface area contributed by atoms with E-state index in [2.05, 4.69) is 57.6 Å². The van der Waals surface area contributed by atoms with Crippen LogP contribution in [-0.4, -0.2) is 88.9 Å². The Labute approximate surface area is 188 Å². The molecule has 174 valence electrons. The zero-order valence-corrected chi connectivity index (χ0v) is 19.7. The van der Waals surface area contributed by atoms with E-state index in [-0.39, 0.29) is 0 Å². The molecular weight excluding hydrogens is 390 g/mol. The molecule has 3 rings (SSSR count). The van der Waals surface area contributed by atoms with E-state index in [1.54, 1.807) is 0 Å². The predicted molar refractivity (Wildman–Crippen MR) is 127 cm³/mol. The summed E-state index contributed by atoms with van der Waals surface area (Å²) < 4.78 is 11.6. The average Bonchev–Trinajstić information content (AvgIpc) is 3.30. The van der Waals surface area contributed by atoms with Crippen LogP contribution in [-0.2, 0) is 11.3 Å². The molecule has 2 heterocycles. The van der Waals surface area contributed by atoms with Crippen LogP contribution >= 0.6 is 0 Å². The SMILES string of the molecule is CN=C(NCCCCN1CCN(C)CC1)NCc1ccc(C)cc1OCC1CCOC1. The van der Waals surface area contributed by atoms with Gasteiger partial charge in [-0.15, -0.1) is 0 Å². The molecule has 1 aromatic carbocycles. The van der Waals surface area contributed by atoms with Crippen LogP contribution in [0.2, 0.25) is 0 Å². The van der Waals surface area contributed by atoms with Gasteiger partial charge < -0.3 is 29.9 Å². The molecule has 2 fully saturated rings. The Morgan fingerprint density at radius 1 is 1.19 bits per heavy atom. The lowest BCUT2D eigenvalue weighted by molar-refractivity contribution is 0.152. The zero-order valence-electron chi connectivity index (χ0n) is 19.7. The van der Waals surface area contributed by atoms with Crippen LogP contribution in [0, 0.1) is 12.8 Å². The molecule has 7 heteroatoms. The van der Waals surface area contributed by atoms with Gasteiger partial charge in [0.25, 0.3) is 0 Å². The molecule has 0 spiro atoms. The van der Waals surface area contributed by atoms with Crippen molar-refractivity contribution in [2.75, 3.05) is 73.2 Å². The van der Waals surface area contributed by atoms with Crippen molar-refractivity contribution in [3.8, 4) is 5.75 Å². The smallest absolute Gasteiger partial charge is 0.191 e. The number of hydrogen-bond acceptors (Lipinski definition) is 5. The van der Waals surface area contributed by atoms with Crippen molar-refractivity contribution < 1.29 is 9.47 Å². The molecule has 1 atom stereocenters. The van der Waals surface area contributed by atoms with E-state index >= 15 is 0 Å². The first-order chi connectivity index (χ1) is 15.1. The number of nitrogens with zero attached hydrogens (tertiary/aromatic N) is 3. The Bertz CT molecular complexity index is 683. The van der Waals surface area contributed by atoms with Crippen LogP contribution in [0.15, 0.2) is 23.2 Å². The summed E-state index contributed by atoms with van der Waals surface area (Å²) in [6.45, 7) is 12.1. The van der Waals surface area contributed by atoms with E-state index in [1.807, 2.05) is 7.05 Å². The maximum atomic E-state index is 6.16. The van der Waals surface area contributed by atoms with E-state index in [4.69, 9.17) is 9.47 Å². The second-order valence-electron chi connectivity index (χ2n) is 8.86. The Kier molecular flexibility index (Phi) is 9.90. The van der Waals surface area contributed by atoms with Crippen LogP contribution in [0.4, 0.5) is 0 Å². The zero-order chi connectivity index (χ0) is 21.9. The number of aliphatic imine (C=N–C) groups is 1. The van der Waals surface area contributed by atoms with Crippen LogP contribution in [0.1, 0.15) is 30.4 Å². The fraction of sp³-hybridized carbons (Fsp3) is 0.708. The maximum absolute atomic E-state index is 6.16. The van der Waals surface area contributed by atoms with Crippen molar-refractivity contribution in [1.82, 2.24) is 20.4 Å². The third-order valence-electron chi connectivity index (χ3n) is 6.18. The van der Waals surface area contributed by atoms with Crippen molar-refractivity contribution in [2.24, 2.45) is 10.9 Å². The van der Waals surface area contributed by atoms with E-state index < -0.39 is 0 Å². The third-order valence-corrected chi connectivity index (χ3v) is 6.18. The lowest BCUT2D eigenvalue weighted by atomic mass is 10.1. The lowest BCUT2D eigenvalue weighted by Gasteiger charge is -2.32. The van der Waals surface area contributed by atoms with Gasteiger partial charge in [-0.1, -0.05) is 12.1 Å². The van der Waals surface area contributed by atoms with Gasteiger partial charge in [0.15, 0.2) is 5.96 Å². The third kappa shape index (κ3) is 8.31. The van der Waals surface area contributed by atoms with Crippen LogP contribution in [0.3, 0.4) is 0 Å². The first kappa shape index (κ1) is 23.8. The predicted octanol–water partition coefficient (Wildman–Crippen LogP) is 2.10. The molecule has 7 nitrogen and oxygen atoms in total. The van der Waals surface area contributed by atoms with Gasteiger partial charge in [-0.2, -0.15) is 0 Å². The number of likely N-dealkylation sites (N-methyl/N-ethyl adjacent to an activating group) is 1. The standard InChI is InChI=1S/C24H41N5O2/c1-20-6-7-22(23(16-20)31-19-21-8-15-30-18-21)17-27-24(25-2)26-9-4-5-10-29-13-11-28(3)12-14-29/h6-7,16,21H,4-5,8-15,17-19H2,1-3H3,(H2,25,26,27). The Balaban J connectivity index is 1.36. The molecule has 0 saturated carbocycles. The maximum Gasteiger partial charge on any atom is 0.191 e. The molecule has 31 heavy (non-hydrogen) atoms. The van der Waals surface area contributed by atoms with Crippen LogP contribution < -0.4 is 15.4 Å². The summed E-state index contributed by atoms with van der Waals surface area (Å²) in [5.41, 5.74) is 2.37. The Hall–Kier alpha value is -1.83. The number of piperazine rings is 1. The second-order valence-corrected chi connectivity index (χ2v) is 8.86. The summed E-state index contributed by atoms with van der Waals surface area (Å²) in [5.74, 6) is 2.30. The number of hydrogen-bond donors (Lipinski definition) is 2. The minimum absolute atomic E-state index is 0.501. The van der Waals surface area contributed by atoms with Crippen molar-refractivity contribution in [3.05, 3.63) is 29.3 Å². The van der Waals surface area contributed by atoms with Gasteiger partial charge in [-0.05, 0) is 51.4 Å². The number of rotatable bonds is 10. The quantitative estimate of drug-likeness (QED) is 0.336. The van der Waals surface area contributed by atoms with Gasteiger partial charge in [-0.3, -0.25) is 4.99 Å². The summed E-state index contributed by atoms with van der Waals surface area (Å²) in [5, 5.41) is 6.88. The van der Waals surface area contributed by atoms with Gasteiger partial charge in [-0.25, -0.2) is 0 Å². The molecule has 2 saturated heterocycles. The monoisotopic (exact) mass is 431 g/mol. The van der Waals surface area contributed by atoms with E-state index in [0.29, 0.717) is 12.5 Å². The molecule has 2 N–H and O–H groups in total. The van der Waals surface area contributed by atoms with Gasteiger partial charge in [0.1, 0.15) is 5.75 Å². The van der Waals surface area contributed by atoms with Gasteiger partial charge in [0.2, 0.25) is 0 Å². The van der Waals surface area contributed by atoms with Gasteiger partial charge in [0, 0.05) is 64.4 Å². The average molecular weight is 432 g/mol. The van der Waals surface area contributed by atoms with Gasteiger partial charge >= 0.3 is 0 Å². The summed E-state index contributed by atoms with van der Waals surface area (Å²) in [7, 11) is 4.03. The molecule has 2 aliphatic rings.